The van der Waals surface area contributed by atoms with Gasteiger partial charge in [-0.3, -0.25) is 4.79 Å². The van der Waals surface area contributed by atoms with Crippen molar-refractivity contribution in [2.75, 3.05) is 13.2 Å². The quantitative estimate of drug-likeness (QED) is 0.578. The van der Waals surface area contributed by atoms with E-state index in [0.717, 1.165) is 12.8 Å². The summed E-state index contributed by atoms with van der Waals surface area (Å²) in [6.45, 7) is 4.58. The molecular weight excluding hydrogens is 372 g/mol. The highest BCUT2D eigenvalue weighted by Crippen LogP contribution is 2.14. The molecule has 3 N–H and O–H groups in total. The van der Waals surface area contributed by atoms with Crippen molar-refractivity contribution in [3.8, 4) is 0 Å². The summed E-state index contributed by atoms with van der Waals surface area (Å²) in [7, 11) is -3.70. The van der Waals surface area contributed by atoms with Crippen LogP contribution in [-0.4, -0.2) is 50.7 Å². The third-order valence-electron chi connectivity index (χ3n) is 4.26. The minimum Gasteiger partial charge on any atom is -0.480 e. The highest BCUT2D eigenvalue weighted by atomic mass is 32.2. The van der Waals surface area contributed by atoms with E-state index in [0.29, 0.717) is 13.0 Å². The van der Waals surface area contributed by atoms with Crippen molar-refractivity contribution in [3.63, 3.8) is 0 Å². The van der Waals surface area contributed by atoms with Crippen LogP contribution in [0.1, 0.15) is 43.5 Å². The Bertz CT molecular complexity index is 755. The Morgan fingerprint density at radius 1 is 1.26 bits per heavy atom. The second-order valence-electron chi connectivity index (χ2n) is 7.01. The first kappa shape index (κ1) is 21.3. The van der Waals surface area contributed by atoms with Crippen LogP contribution in [-0.2, 0) is 19.6 Å². The average molecular weight is 398 g/mol. The smallest absolute Gasteiger partial charge is 0.326 e. The molecule has 0 aliphatic carbocycles. The molecule has 0 spiro atoms. The predicted octanol–water partition coefficient (Wildman–Crippen LogP) is 1.37. The normalized spacial score (nSPS) is 18.4. The lowest BCUT2D eigenvalue weighted by Gasteiger charge is -2.16. The van der Waals surface area contributed by atoms with Gasteiger partial charge in [-0.05, 0) is 49.4 Å². The van der Waals surface area contributed by atoms with E-state index >= 15 is 0 Å². The molecule has 2 rings (SSSR count). The van der Waals surface area contributed by atoms with E-state index in [1.54, 1.807) is 0 Å². The SMILES string of the molecule is CC(C)C[C@@H](NC(=O)c1ccc(S(=O)(=O)NCC2CCCO2)cc1)C(=O)O. The maximum atomic E-state index is 12.3. The second-order valence-corrected chi connectivity index (χ2v) is 8.77. The van der Waals surface area contributed by atoms with Crippen molar-refractivity contribution in [3.05, 3.63) is 29.8 Å². The van der Waals surface area contributed by atoms with E-state index in [2.05, 4.69) is 10.0 Å². The molecule has 8 nitrogen and oxygen atoms in total. The highest BCUT2D eigenvalue weighted by molar-refractivity contribution is 7.89. The molecule has 150 valence electrons. The van der Waals surface area contributed by atoms with E-state index in [1.807, 2.05) is 13.8 Å². The summed E-state index contributed by atoms with van der Waals surface area (Å²) >= 11 is 0. The molecule has 0 aromatic heterocycles. The van der Waals surface area contributed by atoms with Gasteiger partial charge in [0, 0.05) is 18.7 Å². The molecular formula is C18H26N2O6S. The molecule has 0 bridgehead atoms. The maximum absolute atomic E-state index is 12.3. The van der Waals surface area contributed by atoms with Gasteiger partial charge in [0.05, 0.1) is 11.0 Å². The van der Waals surface area contributed by atoms with Crippen molar-refractivity contribution in [2.24, 2.45) is 5.92 Å². The zero-order valence-corrected chi connectivity index (χ0v) is 16.3. The number of hydrogen-bond acceptors (Lipinski definition) is 5. The number of carbonyl (C=O) groups is 2. The standard InChI is InChI=1S/C18H26N2O6S/c1-12(2)10-16(18(22)23)20-17(21)13-5-7-15(8-6-13)27(24,25)19-11-14-4-3-9-26-14/h5-8,12,14,16,19H,3-4,9-11H2,1-2H3,(H,20,21)(H,22,23)/t14?,16-/m1/s1. The van der Waals surface area contributed by atoms with Gasteiger partial charge in [0.1, 0.15) is 6.04 Å². The number of nitrogens with one attached hydrogen (secondary N) is 2. The molecule has 2 atom stereocenters. The zero-order chi connectivity index (χ0) is 20.0. The predicted molar refractivity (Wildman–Crippen MR) is 98.9 cm³/mol. The van der Waals surface area contributed by atoms with Gasteiger partial charge in [-0.2, -0.15) is 0 Å². The molecule has 1 aliphatic rings. The number of sulfonamides is 1. The van der Waals surface area contributed by atoms with Crippen molar-refractivity contribution < 1.29 is 27.9 Å². The fourth-order valence-electron chi connectivity index (χ4n) is 2.81. The topological polar surface area (TPSA) is 122 Å². The molecule has 1 fully saturated rings. The number of amides is 1. The summed E-state index contributed by atoms with van der Waals surface area (Å²) in [5, 5.41) is 11.7. The van der Waals surface area contributed by atoms with E-state index in [4.69, 9.17) is 4.74 Å². The Labute approximate surface area is 159 Å². The molecule has 9 heteroatoms. The van der Waals surface area contributed by atoms with E-state index in [-0.39, 0.29) is 29.0 Å². The summed E-state index contributed by atoms with van der Waals surface area (Å²) in [6.07, 6.45) is 1.94. The molecule has 0 saturated carbocycles. The first-order chi connectivity index (χ1) is 12.7. The number of aliphatic carboxylic acids is 1. The van der Waals surface area contributed by atoms with Crippen molar-refractivity contribution >= 4 is 21.9 Å². The summed E-state index contributed by atoms with van der Waals surface area (Å²) in [5.41, 5.74) is 0.197. The minimum atomic E-state index is -3.70. The zero-order valence-electron chi connectivity index (χ0n) is 15.5. The molecule has 1 unspecified atom stereocenters. The van der Waals surface area contributed by atoms with Crippen LogP contribution in [0.4, 0.5) is 0 Å². The van der Waals surface area contributed by atoms with Crippen LogP contribution in [0, 0.1) is 5.92 Å². The number of hydrogen-bond donors (Lipinski definition) is 3. The second kappa shape index (κ2) is 9.29. The van der Waals surface area contributed by atoms with Crippen LogP contribution in [0.2, 0.25) is 0 Å². The molecule has 1 heterocycles. The average Bonchev–Trinajstić information content (AvgIpc) is 3.12. The lowest BCUT2D eigenvalue weighted by Crippen LogP contribution is -2.41. The molecule has 0 radical (unpaired) electrons. The van der Waals surface area contributed by atoms with Crippen molar-refractivity contribution in [1.82, 2.24) is 10.0 Å². The summed E-state index contributed by atoms with van der Waals surface area (Å²) in [4.78, 5) is 23.5. The van der Waals surface area contributed by atoms with Crippen molar-refractivity contribution in [2.45, 2.75) is 50.2 Å². The van der Waals surface area contributed by atoms with E-state index < -0.39 is 27.9 Å². The molecule has 1 aromatic carbocycles. The van der Waals surface area contributed by atoms with Gasteiger partial charge in [-0.1, -0.05) is 13.8 Å². The van der Waals surface area contributed by atoms with Crippen LogP contribution in [0.5, 0.6) is 0 Å². The Morgan fingerprint density at radius 3 is 2.44 bits per heavy atom. The lowest BCUT2D eigenvalue weighted by atomic mass is 10.0. The van der Waals surface area contributed by atoms with Crippen LogP contribution < -0.4 is 10.0 Å². The summed E-state index contributed by atoms with van der Waals surface area (Å²) in [5.74, 6) is -1.55. The lowest BCUT2D eigenvalue weighted by molar-refractivity contribution is -0.139. The van der Waals surface area contributed by atoms with Gasteiger partial charge in [-0.25, -0.2) is 17.9 Å². The van der Waals surface area contributed by atoms with Crippen LogP contribution in [0.15, 0.2) is 29.2 Å². The first-order valence-corrected chi connectivity index (χ1v) is 10.4. The van der Waals surface area contributed by atoms with Gasteiger partial charge in [0.25, 0.3) is 5.91 Å². The van der Waals surface area contributed by atoms with Gasteiger partial charge < -0.3 is 15.2 Å². The van der Waals surface area contributed by atoms with Crippen LogP contribution >= 0.6 is 0 Å². The summed E-state index contributed by atoms with van der Waals surface area (Å²) in [6, 6.07) is 4.39. The first-order valence-electron chi connectivity index (χ1n) is 8.94. The number of carbonyl (C=O) groups excluding carboxylic acids is 1. The van der Waals surface area contributed by atoms with Crippen LogP contribution in [0.3, 0.4) is 0 Å². The molecule has 1 saturated heterocycles. The third-order valence-corrected chi connectivity index (χ3v) is 5.70. The number of benzene rings is 1. The number of rotatable bonds is 9. The minimum absolute atomic E-state index is 0.0361. The van der Waals surface area contributed by atoms with Gasteiger partial charge in [0.15, 0.2) is 0 Å². The number of carboxylic acids is 1. The Balaban J connectivity index is 2.00. The third kappa shape index (κ3) is 6.30. The number of carboxylic acid groups (broad SMARTS) is 1. The van der Waals surface area contributed by atoms with Crippen LogP contribution in [0.25, 0.3) is 0 Å². The van der Waals surface area contributed by atoms with E-state index in [9.17, 15) is 23.1 Å². The monoisotopic (exact) mass is 398 g/mol. The molecule has 27 heavy (non-hydrogen) atoms. The number of ether oxygens (including phenoxy) is 1. The Hall–Kier alpha value is -1.97. The molecule has 1 amide bonds. The van der Waals surface area contributed by atoms with E-state index in [1.165, 1.54) is 24.3 Å². The van der Waals surface area contributed by atoms with Crippen molar-refractivity contribution in [1.29, 1.82) is 0 Å². The summed E-state index contributed by atoms with van der Waals surface area (Å²) < 4.78 is 32.5. The maximum Gasteiger partial charge on any atom is 0.326 e. The molecule has 1 aliphatic heterocycles. The Kier molecular flexibility index (Phi) is 7.34. The van der Waals surface area contributed by atoms with Gasteiger partial charge in [-0.15, -0.1) is 0 Å². The van der Waals surface area contributed by atoms with Gasteiger partial charge in [0.2, 0.25) is 10.0 Å². The highest BCUT2D eigenvalue weighted by Gasteiger charge is 2.23. The fraction of sp³-hybridized carbons (Fsp3) is 0.556. The van der Waals surface area contributed by atoms with Gasteiger partial charge >= 0.3 is 5.97 Å². The Morgan fingerprint density at radius 2 is 1.93 bits per heavy atom. The molecule has 1 aromatic rings. The largest absolute Gasteiger partial charge is 0.480 e. The fourth-order valence-corrected chi connectivity index (χ4v) is 3.88.